The van der Waals surface area contributed by atoms with Crippen LogP contribution in [0.1, 0.15) is 35.3 Å². The second kappa shape index (κ2) is 9.80. The maximum absolute atomic E-state index is 16.1. The van der Waals surface area contributed by atoms with Crippen molar-refractivity contribution in [2.24, 2.45) is 4.99 Å². The quantitative estimate of drug-likeness (QED) is 0.368. The van der Waals surface area contributed by atoms with Gasteiger partial charge in [0.1, 0.15) is 10.7 Å². The highest BCUT2D eigenvalue weighted by Crippen LogP contribution is 2.40. The van der Waals surface area contributed by atoms with Crippen LogP contribution in [0.4, 0.5) is 4.39 Å². The van der Waals surface area contributed by atoms with Crippen molar-refractivity contribution in [3.05, 3.63) is 81.4 Å². The van der Waals surface area contributed by atoms with Gasteiger partial charge in [-0.3, -0.25) is 14.8 Å². The molecule has 0 bridgehead atoms. The fourth-order valence-corrected chi connectivity index (χ4v) is 5.64. The maximum Gasteiger partial charge on any atom is 0.253 e. The SMILES string of the molecule is O=C(c1ccc(Cl)c(Cl)c1)N1CCC(F)(CC2(Cc3cccc(-c4nccs4)n3)C=CC=N2)CC1. The zero-order valence-electron chi connectivity index (χ0n) is 18.8. The summed E-state index contributed by atoms with van der Waals surface area (Å²) < 4.78 is 16.1. The summed E-state index contributed by atoms with van der Waals surface area (Å²) in [5, 5.41) is 3.49. The van der Waals surface area contributed by atoms with E-state index >= 15 is 4.39 Å². The molecule has 0 radical (unpaired) electrons. The summed E-state index contributed by atoms with van der Waals surface area (Å²) in [6.07, 6.45) is 8.57. The standard InChI is InChI=1S/C26H23Cl2FN4OS/c27-20-6-5-18(15-21(20)28)24(34)33-12-8-25(29,9-13-33)17-26(7-2-10-31-26)16-19-3-1-4-22(32-19)23-30-11-14-35-23/h1-7,10-11,14-15H,8-9,12-13,16-17H2. The molecular formula is C26H23Cl2FN4OS. The number of benzene rings is 1. The molecule has 1 unspecified atom stereocenters. The third-order valence-corrected chi connectivity index (χ3v) is 8.04. The van der Waals surface area contributed by atoms with Gasteiger partial charge in [-0.05, 0) is 49.2 Å². The van der Waals surface area contributed by atoms with E-state index in [1.807, 2.05) is 35.7 Å². The molecule has 1 aromatic carbocycles. The largest absolute Gasteiger partial charge is 0.338 e. The Morgan fingerprint density at radius 1 is 1.14 bits per heavy atom. The van der Waals surface area contributed by atoms with Crippen molar-refractivity contribution in [2.45, 2.75) is 36.9 Å². The van der Waals surface area contributed by atoms with Crippen LogP contribution in [-0.2, 0) is 6.42 Å². The first-order valence-corrected chi connectivity index (χ1v) is 13.0. The lowest BCUT2D eigenvalue weighted by molar-refractivity contribution is 0.0322. The second-order valence-electron chi connectivity index (χ2n) is 9.02. The molecule has 180 valence electrons. The maximum atomic E-state index is 16.1. The number of carbonyl (C=O) groups excluding carboxylic acids is 1. The van der Waals surface area contributed by atoms with Gasteiger partial charge in [-0.1, -0.05) is 35.3 Å². The van der Waals surface area contributed by atoms with Gasteiger partial charge in [0.05, 0.1) is 21.3 Å². The molecule has 0 aliphatic carbocycles. The van der Waals surface area contributed by atoms with Gasteiger partial charge in [0, 0.05) is 55.0 Å². The zero-order valence-corrected chi connectivity index (χ0v) is 21.2. The number of nitrogens with zero attached hydrogens (tertiary/aromatic N) is 4. The molecule has 1 fully saturated rings. The van der Waals surface area contributed by atoms with E-state index in [0.29, 0.717) is 35.1 Å². The number of amides is 1. The Bertz CT molecular complexity index is 1270. The number of aromatic nitrogens is 2. The molecule has 1 saturated heterocycles. The smallest absolute Gasteiger partial charge is 0.253 e. The summed E-state index contributed by atoms with van der Waals surface area (Å²) in [6, 6.07) is 10.6. The molecule has 1 atom stereocenters. The lowest BCUT2D eigenvalue weighted by Crippen LogP contribution is -2.48. The number of halogens is 3. The monoisotopic (exact) mass is 528 g/mol. The van der Waals surface area contributed by atoms with Gasteiger partial charge in [-0.15, -0.1) is 11.3 Å². The predicted molar refractivity (Wildman–Crippen MR) is 139 cm³/mol. The van der Waals surface area contributed by atoms with Gasteiger partial charge < -0.3 is 4.90 Å². The second-order valence-corrected chi connectivity index (χ2v) is 10.7. The summed E-state index contributed by atoms with van der Waals surface area (Å²) in [6.45, 7) is 0.660. The molecule has 2 aliphatic heterocycles. The molecule has 3 aromatic rings. The van der Waals surface area contributed by atoms with Crippen molar-refractivity contribution < 1.29 is 9.18 Å². The molecule has 1 amide bonds. The normalized spacial score (nSPS) is 20.9. The minimum absolute atomic E-state index is 0.165. The number of pyridine rings is 1. The highest BCUT2D eigenvalue weighted by molar-refractivity contribution is 7.13. The fraction of sp³-hybridized carbons (Fsp3) is 0.308. The molecule has 0 N–H and O–H groups in total. The van der Waals surface area contributed by atoms with Crippen LogP contribution in [0.3, 0.4) is 0 Å². The number of rotatable bonds is 6. The first kappa shape index (κ1) is 24.1. The van der Waals surface area contributed by atoms with Gasteiger partial charge >= 0.3 is 0 Å². The number of hydrogen-bond acceptors (Lipinski definition) is 5. The Morgan fingerprint density at radius 3 is 2.66 bits per heavy atom. The lowest BCUT2D eigenvalue weighted by atomic mass is 9.78. The number of hydrogen-bond donors (Lipinski definition) is 0. The Morgan fingerprint density at radius 2 is 1.97 bits per heavy atom. The van der Waals surface area contributed by atoms with Crippen LogP contribution in [0.15, 0.2) is 65.1 Å². The Kier molecular flexibility index (Phi) is 6.75. The fourth-order valence-electron chi connectivity index (χ4n) is 4.74. The third kappa shape index (κ3) is 5.32. The third-order valence-electron chi connectivity index (χ3n) is 6.51. The Labute approximate surface area is 217 Å². The number of piperidine rings is 1. The van der Waals surface area contributed by atoms with Crippen molar-refractivity contribution >= 4 is 46.7 Å². The molecule has 2 aliphatic rings. The highest BCUT2D eigenvalue weighted by Gasteiger charge is 2.44. The number of thiazole rings is 1. The number of carbonyl (C=O) groups is 1. The van der Waals surface area contributed by atoms with Crippen LogP contribution < -0.4 is 0 Å². The van der Waals surface area contributed by atoms with Crippen molar-refractivity contribution in [2.75, 3.05) is 13.1 Å². The van der Waals surface area contributed by atoms with Crippen LogP contribution in [0.5, 0.6) is 0 Å². The Balaban J connectivity index is 1.27. The van der Waals surface area contributed by atoms with E-state index in [-0.39, 0.29) is 25.2 Å². The minimum atomic E-state index is -1.44. The van der Waals surface area contributed by atoms with Crippen LogP contribution in [0.25, 0.3) is 10.7 Å². The average molecular weight is 529 g/mol. The lowest BCUT2D eigenvalue weighted by Gasteiger charge is -2.40. The molecule has 5 nitrogen and oxygen atoms in total. The average Bonchev–Trinajstić information content (AvgIpc) is 3.54. The van der Waals surface area contributed by atoms with E-state index in [2.05, 4.69) is 9.98 Å². The minimum Gasteiger partial charge on any atom is -0.338 e. The van der Waals surface area contributed by atoms with E-state index < -0.39 is 11.2 Å². The first-order chi connectivity index (χ1) is 16.8. The van der Waals surface area contributed by atoms with E-state index in [9.17, 15) is 4.79 Å². The van der Waals surface area contributed by atoms with Crippen molar-refractivity contribution in [1.82, 2.24) is 14.9 Å². The van der Waals surface area contributed by atoms with Crippen LogP contribution >= 0.6 is 34.5 Å². The van der Waals surface area contributed by atoms with Crippen molar-refractivity contribution in [3.63, 3.8) is 0 Å². The molecular weight excluding hydrogens is 506 g/mol. The summed E-state index contributed by atoms with van der Waals surface area (Å²) in [5.41, 5.74) is -0.0244. The topological polar surface area (TPSA) is 58.5 Å². The number of alkyl halides is 1. The molecule has 0 saturated carbocycles. The molecule has 9 heteroatoms. The summed E-state index contributed by atoms with van der Waals surface area (Å²) in [4.78, 5) is 28.4. The van der Waals surface area contributed by atoms with E-state index in [0.717, 1.165) is 16.4 Å². The zero-order chi connectivity index (χ0) is 24.5. The number of likely N-dealkylation sites (tertiary alicyclic amines) is 1. The van der Waals surface area contributed by atoms with Gasteiger partial charge in [0.2, 0.25) is 0 Å². The van der Waals surface area contributed by atoms with Gasteiger partial charge in [-0.25, -0.2) is 9.37 Å². The van der Waals surface area contributed by atoms with Crippen LogP contribution in [0.2, 0.25) is 10.0 Å². The molecule has 4 heterocycles. The van der Waals surface area contributed by atoms with Crippen molar-refractivity contribution in [1.29, 1.82) is 0 Å². The van der Waals surface area contributed by atoms with E-state index in [4.69, 9.17) is 28.2 Å². The highest BCUT2D eigenvalue weighted by atomic mass is 35.5. The molecule has 35 heavy (non-hydrogen) atoms. The van der Waals surface area contributed by atoms with Gasteiger partial charge in [0.15, 0.2) is 0 Å². The van der Waals surface area contributed by atoms with Gasteiger partial charge in [-0.2, -0.15) is 0 Å². The molecule has 0 spiro atoms. The van der Waals surface area contributed by atoms with Gasteiger partial charge in [0.25, 0.3) is 5.91 Å². The number of aliphatic imine (C=N–C) groups is 1. The number of allylic oxidation sites excluding steroid dienone is 1. The molecule has 2 aromatic heterocycles. The van der Waals surface area contributed by atoms with Crippen LogP contribution in [0, 0.1) is 0 Å². The van der Waals surface area contributed by atoms with Crippen LogP contribution in [-0.4, -0.2) is 51.3 Å². The summed E-state index contributed by atoms with van der Waals surface area (Å²) in [7, 11) is 0. The summed E-state index contributed by atoms with van der Waals surface area (Å²) in [5.74, 6) is -0.165. The van der Waals surface area contributed by atoms with Crippen molar-refractivity contribution in [3.8, 4) is 10.7 Å². The Hall–Kier alpha value is -2.61. The first-order valence-electron chi connectivity index (χ1n) is 11.4. The van der Waals surface area contributed by atoms with E-state index in [1.54, 1.807) is 35.5 Å². The summed E-state index contributed by atoms with van der Waals surface area (Å²) >= 11 is 13.6. The van der Waals surface area contributed by atoms with E-state index in [1.165, 1.54) is 11.3 Å². The molecule has 5 rings (SSSR count). The predicted octanol–water partition coefficient (Wildman–Crippen LogP) is 6.47.